The molecule has 1 amide bonds. The van der Waals surface area contributed by atoms with Crippen LogP contribution in [0.25, 0.3) is 0 Å². The van der Waals surface area contributed by atoms with Gasteiger partial charge in [0.05, 0.1) is 6.04 Å². The largest absolute Gasteiger partial charge is 0.340 e. The predicted octanol–water partition coefficient (Wildman–Crippen LogP) is 0.276. The molecule has 1 aliphatic heterocycles. The topological polar surface area (TPSA) is 49.6 Å². The molecule has 1 saturated heterocycles. The number of rotatable bonds is 4. The predicted molar refractivity (Wildman–Crippen MR) is 61.6 cm³/mol. The van der Waals surface area contributed by atoms with Crippen molar-refractivity contribution in [1.29, 1.82) is 0 Å². The quantitative estimate of drug-likeness (QED) is 0.729. The van der Waals surface area contributed by atoms with E-state index >= 15 is 0 Å². The lowest BCUT2D eigenvalue weighted by molar-refractivity contribution is -0.131. The van der Waals surface area contributed by atoms with Crippen LogP contribution in [0, 0.1) is 0 Å². The molecule has 4 nitrogen and oxygen atoms in total. The van der Waals surface area contributed by atoms with Crippen molar-refractivity contribution in [3.8, 4) is 0 Å². The van der Waals surface area contributed by atoms with Crippen LogP contribution in [0.5, 0.6) is 0 Å². The Labute approximate surface area is 92.4 Å². The molecule has 0 aromatic rings. The highest BCUT2D eigenvalue weighted by Crippen LogP contribution is 2.14. The van der Waals surface area contributed by atoms with Crippen molar-refractivity contribution >= 4 is 5.91 Å². The molecule has 2 unspecified atom stereocenters. The third-order valence-electron chi connectivity index (χ3n) is 3.12. The summed E-state index contributed by atoms with van der Waals surface area (Å²) in [5, 5.41) is 0. The monoisotopic (exact) mass is 213 g/mol. The van der Waals surface area contributed by atoms with Crippen molar-refractivity contribution < 1.29 is 4.79 Å². The Balaban J connectivity index is 2.42. The van der Waals surface area contributed by atoms with Gasteiger partial charge in [0, 0.05) is 19.1 Å². The van der Waals surface area contributed by atoms with Crippen LogP contribution in [-0.2, 0) is 4.79 Å². The number of hydrogen-bond donors (Lipinski definition) is 1. The Morgan fingerprint density at radius 3 is 2.73 bits per heavy atom. The van der Waals surface area contributed by atoms with Crippen molar-refractivity contribution in [3.63, 3.8) is 0 Å². The molecule has 15 heavy (non-hydrogen) atoms. The van der Waals surface area contributed by atoms with Gasteiger partial charge in [0.15, 0.2) is 0 Å². The zero-order valence-corrected chi connectivity index (χ0v) is 10.1. The summed E-state index contributed by atoms with van der Waals surface area (Å²) < 4.78 is 0. The van der Waals surface area contributed by atoms with Gasteiger partial charge in [-0.15, -0.1) is 0 Å². The van der Waals surface area contributed by atoms with Crippen molar-refractivity contribution in [1.82, 2.24) is 9.80 Å². The lowest BCUT2D eigenvalue weighted by atomic mass is 10.1. The highest BCUT2D eigenvalue weighted by atomic mass is 16.2. The summed E-state index contributed by atoms with van der Waals surface area (Å²) in [7, 11) is 4.12. The van der Waals surface area contributed by atoms with Gasteiger partial charge in [-0.2, -0.15) is 0 Å². The van der Waals surface area contributed by atoms with Gasteiger partial charge < -0.3 is 15.5 Å². The minimum absolute atomic E-state index is 0.126. The van der Waals surface area contributed by atoms with E-state index < -0.39 is 0 Å². The van der Waals surface area contributed by atoms with Gasteiger partial charge in [-0.25, -0.2) is 0 Å². The van der Waals surface area contributed by atoms with Gasteiger partial charge in [0.25, 0.3) is 0 Å². The first-order chi connectivity index (χ1) is 7.06. The van der Waals surface area contributed by atoms with E-state index in [1.54, 1.807) is 0 Å². The van der Waals surface area contributed by atoms with E-state index in [9.17, 15) is 4.79 Å². The van der Waals surface area contributed by atoms with Crippen LogP contribution in [0.3, 0.4) is 0 Å². The van der Waals surface area contributed by atoms with Crippen LogP contribution in [0.4, 0.5) is 0 Å². The number of amides is 1. The van der Waals surface area contributed by atoms with E-state index in [-0.39, 0.29) is 11.9 Å². The van der Waals surface area contributed by atoms with E-state index in [1.807, 2.05) is 4.90 Å². The second kappa shape index (κ2) is 5.47. The normalized spacial score (nSPS) is 23.5. The molecule has 4 heteroatoms. The molecule has 0 spiro atoms. The molecule has 1 heterocycles. The van der Waals surface area contributed by atoms with Crippen LogP contribution >= 0.6 is 0 Å². The van der Waals surface area contributed by atoms with E-state index in [1.165, 1.54) is 0 Å². The Morgan fingerprint density at radius 1 is 1.60 bits per heavy atom. The van der Waals surface area contributed by atoms with Crippen LogP contribution in [0.1, 0.15) is 26.2 Å². The molecule has 88 valence electrons. The van der Waals surface area contributed by atoms with Crippen molar-refractivity contribution in [2.75, 3.05) is 27.2 Å². The average Bonchev–Trinajstić information content (AvgIpc) is 2.65. The Kier molecular flexibility index (Phi) is 4.54. The maximum Gasteiger partial charge on any atom is 0.239 e. The Morgan fingerprint density at radius 2 is 2.27 bits per heavy atom. The molecule has 1 aliphatic rings. The van der Waals surface area contributed by atoms with Gasteiger partial charge in [-0.05, 0) is 26.9 Å². The molecule has 2 atom stereocenters. The highest BCUT2D eigenvalue weighted by molar-refractivity contribution is 5.81. The van der Waals surface area contributed by atoms with Crippen molar-refractivity contribution in [3.05, 3.63) is 0 Å². The van der Waals surface area contributed by atoms with Crippen LogP contribution in [0.2, 0.25) is 0 Å². The zero-order chi connectivity index (χ0) is 11.4. The second-order valence-electron chi connectivity index (χ2n) is 4.59. The molecular weight excluding hydrogens is 190 g/mol. The molecule has 1 rings (SSSR count). The molecular formula is C11H23N3O. The molecule has 0 aliphatic carbocycles. The molecule has 1 fully saturated rings. The molecule has 0 bridgehead atoms. The maximum absolute atomic E-state index is 11.9. The number of likely N-dealkylation sites (N-methyl/N-ethyl adjacent to an activating group) is 1. The smallest absolute Gasteiger partial charge is 0.239 e. The fourth-order valence-electron chi connectivity index (χ4n) is 2.03. The van der Waals surface area contributed by atoms with Crippen molar-refractivity contribution in [2.24, 2.45) is 5.73 Å². The van der Waals surface area contributed by atoms with Crippen LogP contribution in [-0.4, -0.2) is 55.0 Å². The summed E-state index contributed by atoms with van der Waals surface area (Å²) in [5.41, 5.74) is 5.82. The number of carbonyl (C=O) groups excluding carboxylic acids is 1. The first-order valence-electron chi connectivity index (χ1n) is 5.77. The Bertz CT molecular complexity index is 218. The van der Waals surface area contributed by atoms with E-state index in [2.05, 4.69) is 25.9 Å². The van der Waals surface area contributed by atoms with Gasteiger partial charge in [-0.3, -0.25) is 4.79 Å². The first-order valence-corrected chi connectivity index (χ1v) is 5.77. The first kappa shape index (κ1) is 12.5. The van der Waals surface area contributed by atoms with Crippen LogP contribution < -0.4 is 5.73 Å². The fraction of sp³-hybridized carbons (Fsp3) is 0.909. The minimum Gasteiger partial charge on any atom is -0.340 e. The standard InChI is InChI=1S/C11H23N3O/c1-4-5-10(12)11(15)14-7-6-9(8-14)13(2)3/h9-10H,4-8,12H2,1-3H3. The molecule has 2 N–H and O–H groups in total. The highest BCUT2D eigenvalue weighted by Gasteiger charge is 2.29. The van der Waals surface area contributed by atoms with Gasteiger partial charge >= 0.3 is 0 Å². The zero-order valence-electron chi connectivity index (χ0n) is 10.1. The van der Waals surface area contributed by atoms with Crippen LogP contribution in [0.15, 0.2) is 0 Å². The van der Waals surface area contributed by atoms with Crippen molar-refractivity contribution in [2.45, 2.75) is 38.3 Å². The number of likely N-dealkylation sites (tertiary alicyclic amines) is 1. The number of nitrogens with zero attached hydrogens (tertiary/aromatic N) is 2. The molecule has 0 saturated carbocycles. The lowest BCUT2D eigenvalue weighted by Gasteiger charge is -2.22. The number of nitrogens with two attached hydrogens (primary N) is 1. The van der Waals surface area contributed by atoms with Gasteiger partial charge in [0.1, 0.15) is 0 Å². The van der Waals surface area contributed by atoms with E-state index in [0.717, 1.165) is 32.4 Å². The third-order valence-corrected chi connectivity index (χ3v) is 3.12. The summed E-state index contributed by atoms with van der Waals surface area (Å²) in [5.74, 6) is 0.126. The van der Waals surface area contributed by atoms with Gasteiger partial charge in [-0.1, -0.05) is 13.3 Å². The molecule has 0 aromatic heterocycles. The summed E-state index contributed by atoms with van der Waals surface area (Å²) in [4.78, 5) is 16.0. The number of carbonyl (C=O) groups is 1. The third kappa shape index (κ3) is 3.18. The summed E-state index contributed by atoms with van der Waals surface area (Å²) in [6.45, 7) is 3.75. The minimum atomic E-state index is -0.295. The van der Waals surface area contributed by atoms with E-state index in [0.29, 0.717) is 6.04 Å². The molecule has 0 radical (unpaired) electrons. The van der Waals surface area contributed by atoms with E-state index in [4.69, 9.17) is 5.73 Å². The summed E-state index contributed by atoms with van der Waals surface area (Å²) >= 11 is 0. The fourth-order valence-corrected chi connectivity index (χ4v) is 2.03. The van der Waals surface area contributed by atoms with Gasteiger partial charge in [0.2, 0.25) is 5.91 Å². The summed E-state index contributed by atoms with van der Waals surface area (Å²) in [6, 6.07) is 0.207. The molecule has 0 aromatic carbocycles. The average molecular weight is 213 g/mol. The summed E-state index contributed by atoms with van der Waals surface area (Å²) in [6.07, 6.45) is 2.83. The maximum atomic E-state index is 11.9. The number of hydrogen-bond acceptors (Lipinski definition) is 3. The SMILES string of the molecule is CCCC(N)C(=O)N1CCC(N(C)C)C1. The Hall–Kier alpha value is -0.610. The second-order valence-corrected chi connectivity index (χ2v) is 4.59. The lowest BCUT2D eigenvalue weighted by Crippen LogP contribution is -2.43.